The van der Waals surface area contributed by atoms with Gasteiger partial charge < -0.3 is 5.73 Å². The van der Waals surface area contributed by atoms with E-state index in [1.807, 2.05) is 0 Å². The fraction of sp³-hybridized carbons (Fsp3) is 0.0833. The van der Waals surface area contributed by atoms with Crippen LogP contribution in [0.25, 0.3) is 0 Å². The van der Waals surface area contributed by atoms with Crippen molar-refractivity contribution in [1.82, 2.24) is 4.98 Å². The molecule has 0 unspecified atom stereocenters. The standard InChI is InChI=1S/C12H10F2N2/c13-10-4-9(5-11(14)6-10)3-8-1-2-12(15)16-7-8/h1-2,4-7H,3H2,(H2,15,16). The predicted octanol–water partition coefficient (Wildman–Crippen LogP) is 2.53. The van der Waals surface area contributed by atoms with Crippen LogP contribution in [0.5, 0.6) is 0 Å². The Morgan fingerprint density at radius 1 is 1.00 bits per heavy atom. The fourth-order valence-corrected chi connectivity index (χ4v) is 1.49. The van der Waals surface area contributed by atoms with Crippen molar-refractivity contribution < 1.29 is 8.78 Å². The lowest BCUT2D eigenvalue weighted by Crippen LogP contribution is -1.94. The highest BCUT2D eigenvalue weighted by Gasteiger charge is 2.02. The second-order valence-corrected chi connectivity index (χ2v) is 3.55. The molecular weight excluding hydrogens is 210 g/mol. The first-order valence-electron chi connectivity index (χ1n) is 4.79. The summed E-state index contributed by atoms with van der Waals surface area (Å²) in [6.07, 6.45) is 2.03. The zero-order valence-electron chi connectivity index (χ0n) is 8.45. The van der Waals surface area contributed by atoms with Gasteiger partial charge in [0.1, 0.15) is 17.5 Å². The average molecular weight is 220 g/mol. The van der Waals surface area contributed by atoms with Crippen LogP contribution in [0.4, 0.5) is 14.6 Å². The molecule has 1 aromatic carbocycles. The van der Waals surface area contributed by atoms with Gasteiger partial charge in [0.05, 0.1) is 0 Å². The fourth-order valence-electron chi connectivity index (χ4n) is 1.49. The van der Waals surface area contributed by atoms with Crippen molar-refractivity contribution in [2.24, 2.45) is 0 Å². The Labute approximate surface area is 91.7 Å². The van der Waals surface area contributed by atoms with Crippen LogP contribution in [0, 0.1) is 11.6 Å². The van der Waals surface area contributed by atoms with E-state index in [0.717, 1.165) is 11.6 Å². The SMILES string of the molecule is Nc1ccc(Cc2cc(F)cc(F)c2)cn1. The minimum Gasteiger partial charge on any atom is -0.384 e. The van der Waals surface area contributed by atoms with E-state index in [2.05, 4.69) is 4.98 Å². The van der Waals surface area contributed by atoms with Crippen LogP contribution in [0.2, 0.25) is 0 Å². The second-order valence-electron chi connectivity index (χ2n) is 3.55. The number of rotatable bonds is 2. The minimum absolute atomic E-state index is 0.425. The van der Waals surface area contributed by atoms with Crippen molar-refractivity contribution in [3.05, 3.63) is 59.3 Å². The lowest BCUT2D eigenvalue weighted by atomic mass is 10.1. The molecule has 16 heavy (non-hydrogen) atoms. The molecule has 1 aromatic heterocycles. The van der Waals surface area contributed by atoms with Gasteiger partial charge >= 0.3 is 0 Å². The molecule has 2 nitrogen and oxygen atoms in total. The molecule has 0 atom stereocenters. The molecule has 0 bridgehead atoms. The maximum Gasteiger partial charge on any atom is 0.126 e. The Bertz CT molecular complexity index is 475. The van der Waals surface area contributed by atoms with Gasteiger partial charge in [-0.2, -0.15) is 0 Å². The van der Waals surface area contributed by atoms with Gasteiger partial charge in [-0.3, -0.25) is 0 Å². The van der Waals surface area contributed by atoms with Crippen molar-refractivity contribution in [2.45, 2.75) is 6.42 Å². The van der Waals surface area contributed by atoms with Crippen LogP contribution in [-0.4, -0.2) is 4.98 Å². The van der Waals surface area contributed by atoms with Gasteiger partial charge in [-0.15, -0.1) is 0 Å². The van der Waals surface area contributed by atoms with E-state index in [1.165, 1.54) is 12.1 Å². The summed E-state index contributed by atoms with van der Waals surface area (Å²) in [4.78, 5) is 3.91. The zero-order chi connectivity index (χ0) is 11.5. The van der Waals surface area contributed by atoms with Gasteiger partial charge in [0.25, 0.3) is 0 Å². The van der Waals surface area contributed by atoms with E-state index in [0.29, 0.717) is 17.8 Å². The topological polar surface area (TPSA) is 38.9 Å². The molecule has 4 heteroatoms. The summed E-state index contributed by atoms with van der Waals surface area (Å²) in [6, 6.07) is 6.90. The van der Waals surface area contributed by atoms with Gasteiger partial charge in [0.15, 0.2) is 0 Å². The van der Waals surface area contributed by atoms with Crippen molar-refractivity contribution in [3.63, 3.8) is 0 Å². The van der Waals surface area contributed by atoms with Gasteiger partial charge in [-0.1, -0.05) is 6.07 Å². The van der Waals surface area contributed by atoms with E-state index in [9.17, 15) is 8.78 Å². The highest BCUT2D eigenvalue weighted by molar-refractivity contribution is 5.32. The monoisotopic (exact) mass is 220 g/mol. The summed E-state index contributed by atoms with van der Waals surface area (Å²) < 4.78 is 25.8. The number of benzene rings is 1. The molecule has 0 fully saturated rings. The van der Waals surface area contributed by atoms with Crippen LogP contribution >= 0.6 is 0 Å². The number of nitrogens with zero attached hydrogens (tertiary/aromatic N) is 1. The maximum absolute atomic E-state index is 12.9. The molecule has 1 heterocycles. The average Bonchev–Trinajstić information content (AvgIpc) is 2.20. The van der Waals surface area contributed by atoms with Gasteiger partial charge in [-0.05, 0) is 35.7 Å². The molecule has 82 valence electrons. The highest BCUT2D eigenvalue weighted by Crippen LogP contribution is 2.13. The quantitative estimate of drug-likeness (QED) is 0.844. The minimum atomic E-state index is -0.571. The Morgan fingerprint density at radius 2 is 1.69 bits per heavy atom. The second kappa shape index (κ2) is 4.26. The van der Waals surface area contributed by atoms with Crippen LogP contribution in [0.3, 0.4) is 0 Å². The maximum atomic E-state index is 12.9. The number of pyridine rings is 1. The number of hydrogen-bond acceptors (Lipinski definition) is 2. The number of nitrogens with two attached hydrogens (primary N) is 1. The Balaban J connectivity index is 2.23. The third-order valence-electron chi connectivity index (χ3n) is 2.18. The lowest BCUT2D eigenvalue weighted by Gasteiger charge is -2.02. The van der Waals surface area contributed by atoms with Crippen LogP contribution < -0.4 is 5.73 Å². The summed E-state index contributed by atoms with van der Waals surface area (Å²) in [5.74, 6) is -0.717. The first-order valence-corrected chi connectivity index (χ1v) is 4.79. The van der Waals surface area contributed by atoms with E-state index in [4.69, 9.17) is 5.73 Å². The smallest absolute Gasteiger partial charge is 0.126 e. The number of hydrogen-bond donors (Lipinski definition) is 1. The first kappa shape index (κ1) is 10.5. The summed E-state index contributed by atoms with van der Waals surface area (Å²) in [6.45, 7) is 0. The van der Waals surface area contributed by atoms with Gasteiger partial charge in [-0.25, -0.2) is 13.8 Å². The zero-order valence-corrected chi connectivity index (χ0v) is 8.45. The molecule has 0 aliphatic rings. The molecule has 2 aromatic rings. The van der Waals surface area contributed by atoms with Crippen molar-refractivity contribution in [2.75, 3.05) is 5.73 Å². The highest BCUT2D eigenvalue weighted by atomic mass is 19.1. The Hall–Kier alpha value is -1.97. The molecule has 0 spiro atoms. The lowest BCUT2D eigenvalue weighted by molar-refractivity contribution is 0.580. The summed E-state index contributed by atoms with van der Waals surface area (Å²) in [5.41, 5.74) is 6.87. The van der Waals surface area contributed by atoms with Crippen LogP contribution in [0.1, 0.15) is 11.1 Å². The number of halogens is 2. The molecule has 2 rings (SSSR count). The summed E-state index contributed by atoms with van der Waals surface area (Å²) >= 11 is 0. The third-order valence-corrected chi connectivity index (χ3v) is 2.18. The van der Waals surface area contributed by atoms with Crippen molar-refractivity contribution >= 4 is 5.82 Å². The van der Waals surface area contributed by atoms with E-state index in [1.54, 1.807) is 18.3 Å². The molecule has 0 aliphatic heterocycles. The molecular formula is C12H10F2N2. The van der Waals surface area contributed by atoms with Gasteiger partial charge in [0, 0.05) is 12.3 Å². The predicted molar refractivity (Wildman–Crippen MR) is 57.8 cm³/mol. The molecule has 2 N–H and O–H groups in total. The van der Waals surface area contributed by atoms with Crippen molar-refractivity contribution in [3.8, 4) is 0 Å². The molecule has 0 aliphatic carbocycles. The number of anilines is 1. The van der Waals surface area contributed by atoms with Crippen molar-refractivity contribution in [1.29, 1.82) is 0 Å². The number of aromatic nitrogens is 1. The third kappa shape index (κ3) is 2.53. The molecule has 0 amide bonds. The van der Waals surface area contributed by atoms with E-state index < -0.39 is 11.6 Å². The molecule has 0 saturated carbocycles. The largest absolute Gasteiger partial charge is 0.384 e. The van der Waals surface area contributed by atoms with Gasteiger partial charge in [0.2, 0.25) is 0 Å². The molecule has 0 saturated heterocycles. The Morgan fingerprint density at radius 3 is 2.25 bits per heavy atom. The van der Waals surface area contributed by atoms with E-state index >= 15 is 0 Å². The first-order chi connectivity index (χ1) is 7.63. The van der Waals surface area contributed by atoms with E-state index in [-0.39, 0.29) is 0 Å². The summed E-state index contributed by atoms with van der Waals surface area (Å²) in [5, 5.41) is 0. The Kier molecular flexibility index (Phi) is 2.81. The number of nitrogen functional groups attached to an aromatic ring is 1. The normalized spacial score (nSPS) is 10.4. The molecule has 0 radical (unpaired) electrons. The van der Waals surface area contributed by atoms with Crippen LogP contribution in [0.15, 0.2) is 36.5 Å². The summed E-state index contributed by atoms with van der Waals surface area (Å²) in [7, 11) is 0. The van der Waals surface area contributed by atoms with Crippen LogP contribution in [-0.2, 0) is 6.42 Å².